The minimum absolute atomic E-state index is 0.0772. The maximum atomic E-state index is 14.5. The third-order valence-electron chi connectivity index (χ3n) is 8.62. The molecule has 45 heavy (non-hydrogen) atoms. The lowest BCUT2D eigenvalue weighted by atomic mass is 9.88. The van der Waals surface area contributed by atoms with Gasteiger partial charge in [0.15, 0.2) is 11.5 Å². The number of nitrogens with zero attached hydrogens (tertiary/aromatic N) is 2. The SMILES string of the molecule is O=C(Nc1ccc(N2CCN(c3ccccc3F)CC2)c(S(=O)(=O)N[C@@H]2CCCc3ccccc32)c1)c1ccc2c(c1)OCO2. The quantitative estimate of drug-likeness (QED) is 0.279. The molecule has 0 bridgehead atoms. The van der Waals surface area contributed by atoms with Crippen LogP contribution >= 0.6 is 0 Å². The van der Waals surface area contributed by atoms with Crippen LogP contribution in [0.5, 0.6) is 11.5 Å². The lowest BCUT2D eigenvalue weighted by Gasteiger charge is -2.38. The molecular formula is C34H33FN4O5S. The number of aryl methyl sites for hydroxylation is 1. The molecule has 2 aliphatic heterocycles. The van der Waals surface area contributed by atoms with Crippen LogP contribution in [0.2, 0.25) is 0 Å². The lowest BCUT2D eigenvalue weighted by Crippen LogP contribution is -2.47. The number of amides is 1. The fourth-order valence-electron chi connectivity index (χ4n) is 6.33. The van der Waals surface area contributed by atoms with Crippen molar-refractivity contribution in [3.8, 4) is 11.5 Å². The standard InChI is InChI=1S/C34H33FN4O5S/c35-27-9-3-4-11-29(27)38-16-18-39(19-17-38)30-14-13-25(36-34(40)24-12-15-31-32(20-24)44-22-43-31)21-33(30)45(41,42)37-28-10-5-7-23-6-1-2-8-26(23)28/h1-4,6,8-9,11-15,20-21,28,37H,5,7,10,16-19,22H2,(H,36,40)/t28-/m1/s1. The molecule has 0 spiro atoms. The fraction of sp³-hybridized carbons (Fsp3) is 0.265. The molecule has 4 aromatic rings. The van der Waals surface area contributed by atoms with Crippen molar-refractivity contribution < 1.29 is 27.1 Å². The molecule has 1 saturated heterocycles. The average Bonchev–Trinajstić information content (AvgIpc) is 3.53. The number of benzene rings is 4. The number of nitrogens with one attached hydrogen (secondary N) is 2. The molecule has 2 N–H and O–H groups in total. The van der Waals surface area contributed by atoms with Gasteiger partial charge in [0, 0.05) is 43.5 Å². The summed E-state index contributed by atoms with van der Waals surface area (Å²) in [5, 5.41) is 2.85. The summed E-state index contributed by atoms with van der Waals surface area (Å²) in [4.78, 5) is 17.2. The highest BCUT2D eigenvalue weighted by molar-refractivity contribution is 7.89. The number of anilines is 3. The van der Waals surface area contributed by atoms with Gasteiger partial charge in [-0.25, -0.2) is 17.5 Å². The first-order valence-corrected chi connectivity index (χ1v) is 16.5. The van der Waals surface area contributed by atoms with Gasteiger partial charge >= 0.3 is 0 Å². The Morgan fingerprint density at radius 3 is 2.38 bits per heavy atom. The van der Waals surface area contributed by atoms with Crippen LogP contribution in [0.25, 0.3) is 0 Å². The van der Waals surface area contributed by atoms with Crippen molar-refractivity contribution in [2.24, 2.45) is 0 Å². The summed E-state index contributed by atoms with van der Waals surface area (Å²) >= 11 is 0. The number of hydrogen-bond acceptors (Lipinski definition) is 7. The van der Waals surface area contributed by atoms with Gasteiger partial charge in [0.1, 0.15) is 10.7 Å². The highest BCUT2D eigenvalue weighted by atomic mass is 32.2. The molecule has 1 atom stereocenters. The Morgan fingerprint density at radius 2 is 1.56 bits per heavy atom. The normalized spacial score (nSPS) is 17.6. The monoisotopic (exact) mass is 628 g/mol. The van der Waals surface area contributed by atoms with Gasteiger partial charge in [-0.1, -0.05) is 36.4 Å². The van der Waals surface area contributed by atoms with Crippen LogP contribution in [-0.4, -0.2) is 47.3 Å². The van der Waals surface area contributed by atoms with E-state index in [4.69, 9.17) is 9.47 Å². The zero-order valence-electron chi connectivity index (χ0n) is 24.5. The first kappa shape index (κ1) is 29.1. The number of carbonyl (C=O) groups is 1. The number of ether oxygens (including phenoxy) is 2. The van der Waals surface area contributed by atoms with Gasteiger partial charge in [0.05, 0.1) is 11.4 Å². The van der Waals surface area contributed by atoms with Crippen LogP contribution in [0.1, 0.15) is 40.4 Å². The average molecular weight is 629 g/mol. The van der Waals surface area contributed by atoms with Gasteiger partial charge in [-0.05, 0) is 78.9 Å². The van der Waals surface area contributed by atoms with Crippen LogP contribution in [0.15, 0.2) is 89.8 Å². The number of fused-ring (bicyclic) bond motifs is 2. The second-order valence-corrected chi connectivity index (χ2v) is 13.1. The zero-order valence-corrected chi connectivity index (χ0v) is 25.4. The van der Waals surface area contributed by atoms with E-state index in [1.807, 2.05) is 34.1 Å². The molecule has 1 amide bonds. The summed E-state index contributed by atoms with van der Waals surface area (Å²) in [6.07, 6.45) is 2.47. The number of rotatable bonds is 7. The number of halogens is 1. The van der Waals surface area contributed by atoms with Gasteiger partial charge < -0.3 is 24.6 Å². The van der Waals surface area contributed by atoms with Crippen molar-refractivity contribution in [2.75, 3.05) is 48.1 Å². The molecule has 2 heterocycles. The molecule has 0 unspecified atom stereocenters. The Hall–Kier alpha value is -4.61. The van der Waals surface area contributed by atoms with Gasteiger partial charge in [-0.2, -0.15) is 0 Å². The van der Waals surface area contributed by atoms with Gasteiger partial charge in [0.2, 0.25) is 16.8 Å². The van der Waals surface area contributed by atoms with E-state index >= 15 is 0 Å². The van der Waals surface area contributed by atoms with Crippen molar-refractivity contribution >= 4 is 33.0 Å². The van der Waals surface area contributed by atoms with Crippen LogP contribution in [0.4, 0.5) is 21.5 Å². The fourth-order valence-corrected chi connectivity index (χ4v) is 7.83. The van der Waals surface area contributed by atoms with Crippen molar-refractivity contribution in [1.29, 1.82) is 0 Å². The molecule has 0 aromatic heterocycles. The van der Waals surface area contributed by atoms with E-state index < -0.39 is 15.9 Å². The van der Waals surface area contributed by atoms with E-state index in [-0.39, 0.29) is 23.5 Å². The number of hydrogen-bond donors (Lipinski definition) is 2. The minimum atomic E-state index is -4.04. The van der Waals surface area contributed by atoms with Crippen molar-refractivity contribution in [1.82, 2.24) is 4.72 Å². The van der Waals surface area contributed by atoms with E-state index in [1.54, 1.807) is 48.5 Å². The van der Waals surface area contributed by atoms with E-state index in [0.717, 1.165) is 24.0 Å². The van der Waals surface area contributed by atoms with Gasteiger partial charge in [-0.15, -0.1) is 0 Å². The summed E-state index contributed by atoms with van der Waals surface area (Å²) in [6, 6.07) is 24.1. The Morgan fingerprint density at radius 1 is 0.822 bits per heavy atom. The number of sulfonamides is 1. The molecule has 1 fully saturated rings. The molecule has 0 radical (unpaired) electrons. The van der Waals surface area contributed by atoms with Crippen LogP contribution in [-0.2, 0) is 16.4 Å². The van der Waals surface area contributed by atoms with E-state index in [1.165, 1.54) is 12.1 Å². The second kappa shape index (κ2) is 12.1. The summed E-state index contributed by atoms with van der Waals surface area (Å²) < 4.78 is 56.6. The molecule has 3 aliphatic rings. The third kappa shape index (κ3) is 5.93. The van der Waals surface area contributed by atoms with E-state index in [9.17, 15) is 17.6 Å². The molecule has 9 nitrogen and oxygen atoms in total. The summed E-state index contributed by atoms with van der Waals surface area (Å²) in [7, 11) is -4.04. The zero-order chi connectivity index (χ0) is 31.0. The van der Waals surface area contributed by atoms with Crippen LogP contribution in [0, 0.1) is 5.82 Å². The van der Waals surface area contributed by atoms with Gasteiger partial charge in [-0.3, -0.25) is 4.79 Å². The maximum absolute atomic E-state index is 14.5. The summed E-state index contributed by atoms with van der Waals surface area (Å²) in [5.74, 6) is 0.355. The Balaban J connectivity index is 1.18. The van der Waals surface area contributed by atoms with Gasteiger partial charge in [0.25, 0.3) is 5.91 Å². The summed E-state index contributed by atoms with van der Waals surface area (Å²) in [6.45, 7) is 2.12. The smallest absolute Gasteiger partial charge is 0.255 e. The molecule has 7 rings (SSSR count). The first-order valence-electron chi connectivity index (χ1n) is 15.1. The Bertz CT molecular complexity index is 1860. The molecule has 1 aliphatic carbocycles. The van der Waals surface area contributed by atoms with Crippen molar-refractivity contribution in [3.05, 3.63) is 107 Å². The predicted octanol–water partition coefficient (Wildman–Crippen LogP) is 5.49. The largest absolute Gasteiger partial charge is 0.454 e. The maximum Gasteiger partial charge on any atom is 0.255 e. The van der Waals surface area contributed by atoms with Crippen molar-refractivity contribution in [3.63, 3.8) is 0 Å². The second-order valence-electron chi connectivity index (χ2n) is 11.4. The molecule has 4 aromatic carbocycles. The molecule has 0 saturated carbocycles. The number of carbonyl (C=O) groups excluding carboxylic acids is 1. The third-order valence-corrected chi connectivity index (χ3v) is 10.1. The Labute approximate surface area is 261 Å². The van der Waals surface area contributed by atoms with Crippen LogP contribution < -0.4 is 29.3 Å². The van der Waals surface area contributed by atoms with E-state index in [2.05, 4.69) is 10.0 Å². The molecular weight excluding hydrogens is 595 g/mol. The molecule has 232 valence electrons. The summed E-state index contributed by atoms with van der Waals surface area (Å²) in [5.41, 5.74) is 3.89. The Kier molecular flexibility index (Phi) is 7.80. The lowest BCUT2D eigenvalue weighted by molar-refractivity contribution is 0.102. The highest BCUT2D eigenvalue weighted by Crippen LogP contribution is 2.36. The van der Waals surface area contributed by atoms with E-state index in [0.29, 0.717) is 66.7 Å². The number of piperazine rings is 1. The minimum Gasteiger partial charge on any atom is -0.454 e. The topological polar surface area (TPSA) is 100 Å². The first-order chi connectivity index (χ1) is 21.9. The van der Waals surface area contributed by atoms with Crippen LogP contribution in [0.3, 0.4) is 0 Å². The molecule has 11 heteroatoms. The number of para-hydroxylation sites is 1. The van der Waals surface area contributed by atoms with Crippen molar-refractivity contribution in [2.45, 2.75) is 30.2 Å². The highest BCUT2D eigenvalue weighted by Gasteiger charge is 2.30. The predicted molar refractivity (Wildman–Crippen MR) is 170 cm³/mol.